The van der Waals surface area contributed by atoms with Gasteiger partial charge in [0.05, 0.1) is 24.3 Å². The molecule has 158 valence electrons. The monoisotopic (exact) mass is 408 g/mol. The number of rotatable bonds is 5. The molecule has 2 aromatic rings. The summed E-state index contributed by atoms with van der Waals surface area (Å²) < 4.78 is 5.47. The molecule has 1 aromatic heterocycles. The molecular weight excluding hydrogens is 380 g/mol. The van der Waals surface area contributed by atoms with Crippen LogP contribution in [0.1, 0.15) is 48.9 Å². The molecule has 0 amide bonds. The molecule has 0 spiro atoms. The number of carboxylic acids is 1. The van der Waals surface area contributed by atoms with E-state index >= 15 is 0 Å². The number of ether oxygens (including phenoxy) is 1. The Morgan fingerprint density at radius 3 is 2.43 bits per heavy atom. The van der Waals surface area contributed by atoms with Gasteiger partial charge in [0.2, 0.25) is 5.95 Å². The summed E-state index contributed by atoms with van der Waals surface area (Å²) in [5.41, 5.74) is 3.49. The lowest BCUT2D eigenvalue weighted by Crippen LogP contribution is -2.42. The third-order valence-electron chi connectivity index (χ3n) is 6.78. The lowest BCUT2D eigenvalue weighted by atomic mass is 9.64. The second-order valence-electron chi connectivity index (χ2n) is 8.55. The van der Waals surface area contributed by atoms with Crippen molar-refractivity contribution in [2.75, 3.05) is 36.5 Å². The molecule has 3 aliphatic rings. The third kappa shape index (κ3) is 3.41. The predicted octanol–water partition coefficient (Wildman–Crippen LogP) is 3.44. The number of anilines is 3. The highest BCUT2D eigenvalue weighted by Gasteiger charge is 2.45. The Balaban J connectivity index is 1.43. The first-order valence-corrected chi connectivity index (χ1v) is 11.0. The summed E-state index contributed by atoms with van der Waals surface area (Å²) in [6.45, 7) is 3.03. The van der Waals surface area contributed by atoms with Crippen LogP contribution in [0, 0.1) is 0 Å². The molecule has 2 N–H and O–H groups in total. The molecule has 0 unspecified atom stereocenters. The predicted molar refractivity (Wildman–Crippen MR) is 115 cm³/mol. The van der Waals surface area contributed by atoms with E-state index in [0.29, 0.717) is 13.2 Å². The van der Waals surface area contributed by atoms with Gasteiger partial charge in [-0.3, -0.25) is 4.79 Å². The van der Waals surface area contributed by atoms with Crippen LogP contribution in [0.5, 0.6) is 0 Å². The number of aliphatic carboxylic acids is 1. The van der Waals surface area contributed by atoms with Crippen LogP contribution in [-0.2, 0) is 27.8 Å². The molecule has 0 radical (unpaired) electrons. The number of nitrogens with zero attached hydrogens (tertiary/aromatic N) is 3. The van der Waals surface area contributed by atoms with Crippen molar-refractivity contribution in [2.45, 2.75) is 50.4 Å². The number of morpholine rings is 1. The van der Waals surface area contributed by atoms with Crippen LogP contribution in [0.25, 0.3) is 0 Å². The molecule has 0 atom stereocenters. The Bertz CT molecular complexity index is 934. The summed E-state index contributed by atoms with van der Waals surface area (Å²) >= 11 is 0. The molecule has 7 nitrogen and oxygen atoms in total. The van der Waals surface area contributed by atoms with E-state index in [1.54, 1.807) is 0 Å². The summed E-state index contributed by atoms with van der Waals surface area (Å²) in [4.78, 5) is 23.7. The lowest BCUT2D eigenvalue weighted by Gasteiger charge is -2.38. The molecule has 0 bridgehead atoms. The Hall–Kier alpha value is -2.67. The largest absolute Gasteiger partial charge is 0.481 e. The Kier molecular flexibility index (Phi) is 5.06. The zero-order chi connectivity index (χ0) is 20.6. The number of nitrogens with one attached hydrogen (secondary N) is 1. The smallest absolute Gasteiger partial charge is 0.314 e. The standard InChI is InChI=1S/C23H28N4O3/c28-21(29)23(10-3-11-23)16-6-8-17(9-7-16)24-20-18-4-1-2-5-19(18)25-22(26-20)27-12-14-30-15-13-27/h6-9H,1-5,10-15H2,(H,28,29)(H,24,25,26). The van der Waals surface area contributed by atoms with Crippen LogP contribution in [0.2, 0.25) is 0 Å². The van der Waals surface area contributed by atoms with Gasteiger partial charge in [-0.15, -0.1) is 0 Å². The van der Waals surface area contributed by atoms with E-state index in [2.05, 4.69) is 10.2 Å². The van der Waals surface area contributed by atoms with Gasteiger partial charge < -0.3 is 20.1 Å². The Morgan fingerprint density at radius 2 is 1.77 bits per heavy atom. The minimum Gasteiger partial charge on any atom is -0.481 e. The maximum atomic E-state index is 11.8. The van der Waals surface area contributed by atoms with Crippen molar-refractivity contribution < 1.29 is 14.6 Å². The maximum Gasteiger partial charge on any atom is 0.314 e. The van der Waals surface area contributed by atoms with Gasteiger partial charge in [-0.25, -0.2) is 4.98 Å². The van der Waals surface area contributed by atoms with Gasteiger partial charge >= 0.3 is 5.97 Å². The second kappa shape index (κ2) is 7.87. The van der Waals surface area contributed by atoms with Crippen molar-refractivity contribution in [2.24, 2.45) is 0 Å². The summed E-state index contributed by atoms with van der Waals surface area (Å²) in [5, 5.41) is 13.2. The van der Waals surface area contributed by atoms with Crippen LogP contribution in [-0.4, -0.2) is 47.3 Å². The van der Waals surface area contributed by atoms with Crippen molar-refractivity contribution in [3.05, 3.63) is 41.1 Å². The van der Waals surface area contributed by atoms with E-state index in [4.69, 9.17) is 14.7 Å². The Morgan fingerprint density at radius 1 is 1.03 bits per heavy atom. The van der Waals surface area contributed by atoms with E-state index in [1.165, 1.54) is 5.56 Å². The number of fused-ring (bicyclic) bond motifs is 1. The van der Waals surface area contributed by atoms with Gasteiger partial charge in [0, 0.05) is 24.3 Å². The molecule has 2 fully saturated rings. The van der Waals surface area contributed by atoms with Gasteiger partial charge in [-0.05, 0) is 56.2 Å². The van der Waals surface area contributed by atoms with Gasteiger partial charge in [0.25, 0.3) is 0 Å². The fourth-order valence-electron chi connectivity index (χ4n) is 4.75. The first-order chi connectivity index (χ1) is 14.7. The number of hydrogen-bond donors (Lipinski definition) is 2. The highest BCUT2D eigenvalue weighted by atomic mass is 16.5. The average molecular weight is 409 g/mol. The fourth-order valence-corrected chi connectivity index (χ4v) is 4.75. The van der Waals surface area contributed by atoms with Gasteiger partial charge in [0.1, 0.15) is 5.82 Å². The number of aryl methyl sites for hydroxylation is 1. The highest BCUT2D eigenvalue weighted by molar-refractivity contribution is 5.82. The average Bonchev–Trinajstić information content (AvgIpc) is 2.74. The molecule has 1 aromatic carbocycles. The van der Waals surface area contributed by atoms with Gasteiger partial charge in [-0.1, -0.05) is 18.6 Å². The lowest BCUT2D eigenvalue weighted by molar-refractivity contribution is -0.147. The topological polar surface area (TPSA) is 87.6 Å². The van der Waals surface area contributed by atoms with Crippen molar-refractivity contribution in [1.29, 1.82) is 0 Å². The highest BCUT2D eigenvalue weighted by Crippen LogP contribution is 2.44. The summed E-state index contributed by atoms with van der Waals surface area (Å²) in [6.07, 6.45) is 6.71. The van der Waals surface area contributed by atoms with Crippen molar-refractivity contribution in [3.8, 4) is 0 Å². The first-order valence-electron chi connectivity index (χ1n) is 11.0. The molecule has 1 saturated carbocycles. The molecule has 1 saturated heterocycles. The van der Waals surface area contributed by atoms with Gasteiger partial charge in [-0.2, -0.15) is 4.98 Å². The van der Waals surface area contributed by atoms with E-state index in [0.717, 1.165) is 86.7 Å². The van der Waals surface area contributed by atoms with E-state index < -0.39 is 11.4 Å². The SMILES string of the molecule is O=C(O)C1(c2ccc(Nc3nc(N4CCOCC4)nc4c3CCCC4)cc2)CCC1. The summed E-state index contributed by atoms with van der Waals surface area (Å²) in [7, 11) is 0. The zero-order valence-electron chi connectivity index (χ0n) is 17.2. The van der Waals surface area contributed by atoms with Crippen molar-refractivity contribution >= 4 is 23.4 Å². The van der Waals surface area contributed by atoms with Crippen LogP contribution in [0.3, 0.4) is 0 Å². The van der Waals surface area contributed by atoms with Crippen LogP contribution in [0.4, 0.5) is 17.5 Å². The van der Waals surface area contributed by atoms with E-state index in [1.807, 2.05) is 24.3 Å². The van der Waals surface area contributed by atoms with Gasteiger partial charge in [0.15, 0.2) is 0 Å². The minimum atomic E-state index is -0.713. The van der Waals surface area contributed by atoms with Crippen LogP contribution >= 0.6 is 0 Å². The molecule has 2 heterocycles. The van der Waals surface area contributed by atoms with Crippen LogP contribution in [0.15, 0.2) is 24.3 Å². The normalized spacial score (nSPS) is 20.2. The third-order valence-corrected chi connectivity index (χ3v) is 6.78. The molecule has 1 aliphatic heterocycles. The molecule has 7 heteroatoms. The first kappa shape index (κ1) is 19.3. The number of carboxylic acid groups (broad SMARTS) is 1. The Labute approximate surface area is 176 Å². The van der Waals surface area contributed by atoms with Crippen LogP contribution < -0.4 is 10.2 Å². The maximum absolute atomic E-state index is 11.8. The zero-order valence-corrected chi connectivity index (χ0v) is 17.2. The number of benzene rings is 1. The number of aromatic nitrogens is 2. The molecule has 30 heavy (non-hydrogen) atoms. The second-order valence-corrected chi connectivity index (χ2v) is 8.55. The van der Waals surface area contributed by atoms with E-state index in [-0.39, 0.29) is 0 Å². The van der Waals surface area contributed by atoms with E-state index in [9.17, 15) is 9.90 Å². The fraction of sp³-hybridized carbons (Fsp3) is 0.522. The quantitative estimate of drug-likeness (QED) is 0.783. The molecule has 5 rings (SSSR count). The minimum absolute atomic E-state index is 0.698. The number of carbonyl (C=O) groups is 1. The van der Waals surface area contributed by atoms with Crippen molar-refractivity contribution in [3.63, 3.8) is 0 Å². The number of hydrogen-bond acceptors (Lipinski definition) is 6. The summed E-state index contributed by atoms with van der Waals surface area (Å²) in [5.74, 6) is 0.942. The molecular formula is C23H28N4O3. The summed E-state index contributed by atoms with van der Waals surface area (Å²) in [6, 6.07) is 7.85. The van der Waals surface area contributed by atoms with Crippen molar-refractivity contribution in [1.82, 2.24) is 9.97 Å². The molecule has 2 aliphatic carbocycles.